The highest BCUT2D eigenvalue weighted by Crippen LogP contribution is 2.16. The first-order chi connectivity index (χ1) is 10.6. The summed E-state index contributed by atoms with van der Waals surface area (Å²) >= 11 is 0. The first-order valence-electron chi connectivity index (χ1n) is 7.04. The highest BCUT2D eigenvalue weighted by Gasteiger charge is 2.10. The lowest BCUT2D eigenvalue weighted by atomic mass is 10.1. The molecule has 0 fully saturated rings. The number of carbonyl (C=O) groups excluding carboxylic acids is 1. The number of carbonyl (C=O) groups is 1. The van der Waals surface area contributed by atoms with Crippen molar-refractivity contribution in [2.24, 2.45) is 7.05 Å². The Morgan fingerprint density at radius 2 is 2.00 bits per heavy atom. The zero-order valence-corrected chi connectivity index (χ0v) is 12.4. The van der Waals surface area contributed by atoms with Crippen molar-refractivity contribution in [3.8, 4) is 0 Å². The number of aromatic nitrogens is 3. The lowest BCUT2D eigenvalue weighted by Crippen LogP contribution is -2.31. The van der Waals surface area contributed by atoms with Crippen molar-refractivity contribution in [3.05, 3.63) is 54.4 Å². The van der Waals surface area contributed by atoms with E-state index in [0.717, 1.165) is 16.5 Å². The van der Waals surface area contributed by atoms with Gasteiger partial charge in [0.25, 0.3) is 0 Å². The van der Waals surface area contributed by atoms with Crippen LogP contribution >= 0.6 is 0 Å². The topological polar surface area (TPSA) is 71.8 Å². The SMILES string of the molecule is C[C@@H](NC(=O)Nc1cc2cnn(C)c2cn1)c1ccccc1. The molecular formula is C16H17N5O. The van der Waals surface area contributed by atoms with E-state index in [1.54, 1.807) is 23.1 Å². The van der Waals surface area contributed by atoms with Gasteiger partial charge in [0.15, 0.2) is 0 Å². The Labute approximate surface area is 128 Å². The van der Waals surface area contributed by atoms with Crippen molar-refractivity contribution in [2.45, 2.75) is 13.0 Å². The molecule has 0 radical (unpaired) electrons. The molecule has 2 N–H and O–H groups in total. The van der Waals surface area contributed by atoms with Crippen LogP contribution in [-0.2, 0) is 7.05 Å². The number of benzene rings is 1. The molecule has 22 heavy (non-hydrogen) atoms. The molecular weight excluding hydrogens is 278 g/mol. The number of fused-ring (bicyclic) bond motifs is 1. The number of urea groups is 1. The van der Waals surface area contributed by atoms with Crippen LogP contribution < -0.4 is 10.6 Å². The Balaban J connectivity index is 1.67. The third-order valence-corrected chi connectivity index (χ3v) is 3.52. The molecule has 2 heterocycles. The Kier molecular flexibility index (Phi) is 3.74. The number of pyridine rings is 1. The lowest BCUT2D eigenvalue weighted by molar-refractivity contribution is 0.249. The highest BCUT2D eigenvalue weighted by atomic mass is 16.2. The van der Waals surface area contributed by atoms with Crippen molar-refractivity contribution < 1.29 is 4.79 Å². The highest BCUT2D eigenvalue weighted by molar-refractivity contribution is 5.91. The van der Waals surface area contributed by atoms with Gasteiger partial charge < -0.3 is 5.32 Å². The second kappa shape index (κ2) is 5.85. The smallest absolute Gasteiger partial charge is 0.320 e. The molecule has 1 aromatic carbocycles. The molecule has 1 atom stereocenters. The molecule has 6 heteroatoms. The molecule has 2 amide bonds. The van der Waals surface area contributed by atoms with Crippen LogP contribution in [0.2, 0.25) is 0 Å². The minimum atomic E-state index is -0.285. The quantitative estimate of drug-likeness (QED) is 0.780. The van der Waals surface area contributed by atoms with Crippen molar-refractivity contribution in [1.29, 1.82) is 0 Å². The predicted octanol–water partition coefficient (Wildman–Crippen LogP) is 2.85. The van der Waals surface area contributed by atoms with Crippen molar-refractivity contribution in [1.82, 2.24) is 20.1 Å². The number of amides is 2. The molecule has 0 aliphatic rings. The summed E-state index contributed by atoms with van der Waals surface area (Å²) in [7, 11) is 1.85. The summed E-state index contributed by atoms with van der Waals surface area (Å²) < 4.78 is 1.74. The average molecular weight is 295 g/mol. The molecule has 0 aliphatic carbocycles. The molecule has 6 nitrogen and oxygen atoms in total. The third kappa shape index (κ3) is 2.90. The van der Waals surface area contributed by atoms with Gasteiger partial charge in [0.05, 0.1) is 24.0 Å². The fourth-order valence-corrected chi connectivity index (χ4v) is 2.29. The van der Waals surface area contributed by atoms with Crippen LogP contribution in [0.5, 0.6) is 0 Å². The summed E-state index contributed by atoms with van der Waals surface area (Å²) in [5.41, 5.74) is 1.97. The van der Waals surface area contributed by atoms with E-state index < -0.39 is 0 Å². The van der Waals surface area contributed by atoms with Crippen LogP contribution in [0.3, 0.4) is 0 Å². The van der Waals surface area contributed by atoms with Crippen molar-refractivity contribution in [2.75, 3.05) is 5.32 Å². The summed E-state index contributed by atoms with van der Waals surface area (Å²) in [4.78, 5) is 16.3. The largest absolute Gasteiger partial charge is 0.331 e. The Hall–Kier alpha value is -2.89. The maximum Gasteiger partial charge on any atom is 0.320 e. The standard InChI is InChI=1S/C16H17N5O/c1-11(12-6-4-3-5-7-12)19-16(22)20-15-8-13-9-18-21(2)14(13)10-17-15/h3-11H,1-2H3,(H2,17,19,20,22)/t11-/m1/s1. The van der Waals surface area contributed by atoms with E-state index in [4.69, 9.17) is 0 Å². The molecule has 112 valence electrons. The van der Waals surface area contributed by atoms with E-state index in [0.29, 0.717) is 5.82 Å². The molecule has 0 unspecified atom stereocenters. The first kappa shape index (κ1) is 14.1. The van der Waals surface area contributed by atoms with E-state index in [1.807, 2.05) is 44.3 Å². The normalized spacial score (nSPS) is 12.1. The molecule has 0 saturated heterocycles. The van der Waals surface area contributed by atoms with E-state index >= 15 is 0 Å². The van der Waals surface area contributed by atoms with Crippen LogP contribution in [0.1, 0.15) is 18.5 Å². The zero-order chi connectivity index (χ0) is 15.5. The molecule has 0 bridgehead atoms. The van der Waals surface area contributed by atoms with E-state index in [2.05, 4.69) is 20.7 Å². The van der Waals surface area contributed by atoms with Gasteiger partial charge >= 0.3 is 6.03 Å². The van der Waals surface area contributed by atoms with Gasteiger partial charge in [-0.05, 0) is 18.6 Å². The second-order valence-electron chi connectivity index (χ2n) is 5.13. The van der Waals surface area contributed by atoms with Crippen molar-refractivity contribution >= 4 is 22.8 Å². The van der Waals surface area contributed by atoms with Crippen LogP contribution in [0.25, 0.3) is 10.9 Å². The number of hydrogen-bond acceptors (Lipinski definition) is 3. The summed E-state index contributed by atoms with van der Waals surface area (Å²) in [5.74, 6) is 0.498. The Morgan fingerprint density at radius 1 is 1.23 bits per heavy atom. The molecule has 0 aliphatic heterocycles. The van der Waals surface area contributed by atoms with E-state index in [9.17, 15) is 4.79 Å². The molecule has 3 aromatic rings. The van der Waals surface area contributed by atoms with Gasteiger partial charge in [-0.25, -0.2) is 9.78 Å². The van der Waals surface area contributed by atoms with Gasteiger partial charge in [-0.3, -0.25) is 10.00 Å². The van der Waals surface area contributed by atoms with Gasteiger partial charge in [0.2, 0.25) is 0 Å². The van der Waals surface area contributed by atoms with Gasteiger partial charge in [-0.2, -0.15) is 5.10 Å². The van der Waals surface area contributed by atoms with Gasteiger partial charge in [-0.15, -0.1) is 0 Å². The van der Waals surface area contributed by atoms with Crippen LogP contribution in [0.4, 0.5) is 10.6 Å². The summed E-state index contributed by atoms with van der Waals surface area (Å²) in [6, 6.07) is 11.2. The van der Waals surface area contributed by atoms with Crippen molar-refractivity contribution in [3.63, 3.8) is 0 Å². The van der Waals surface area contributed by atoms with E-state index in [-0.39, 0.29) is 12.1 Å². The molecule has 0 spiro atoms. The third-order valence-electron chi connectivity index (χ3n) is 3.52. The second-order valence-corrected chi connectivity index (χ2v) is 5.13. The average Bonchev–Trinajstić information content (AvgIpc) is 2.89. The lowest BCUT2D eigenvalue weighted by Gasteiger charge is -2.14. The van der Waals surface area contributed by atoms with Gasteiger partial charge in [-0.1, -0.05) is 30.3 Å². The molecule has 2 aromatic heterocycles. The summed E-state index contributed by atoms with van der Waals surface area (Å²) in [5, 5.41) is 10.7. The molecule has 3 rings (SSSR count). The number of hydrogen-bond donors (Lipinski definition) is 2. The van der Waals surface area contributed by atoms with Gasteiger partial charge in [0.1, 0.15) is 5.82 Å². The Morgan fingerprint density at radius 3 is 2.77 bits per heavy atom. The number of aryl methyl sites for hydroxylation is 1. The number of nitrogens with zero attached hydrogens (tertiary/aromatic N) is 3. The van der Waals surface area contributed by atoms with Crippen LogP contribution in [-0.4, -0.2) is 20.8 Å². The Bertz CT molecular complexity index is 797. The number of rotatable bonds is 3. The zero-order valence-electron chi connectivity index (χ0n) is 12.4. The monoisotopic (exact) mass is 295 g/mol. The summed E-state index contributed by atoms with van der Waals surface area (Å²) in [6.07, 6.45) is 3.44. The number of anilines is 1. The van der Waals surface area contributed by atoms with E-state index in [1.165, 1.54) is 0 Å². The van der Waals surface area contributed by atoms with Crippen LogP contribution in [0, 0.1) is 0 Å². The fraction of sp³-hybridized carbons (Fsp3) is 0.188. The minimum Gasteiger partial charge on any atom is -0.331 e. The fourth-order valence-electron chi connectivity index (χ4n) is 2.29. The maximum atomic E-state index is 12.1. The maximum absolute atomic E-state index is 12.1. The first-order valence-corrected chi connectivity index (χ1v) is 7.04. The predicted molar refractivity (Wildman–Crippen MR) is 85.5 cm³/mol. The number of nitrogens with one attached hydrogen (secondary N) is 2. The molecule has 0 saturated carbocycles. The van der Waals surface area contributed by atoms with Gasteiger partial charge in [0, 0.05) is 12.4 Å². The summed E-state index contributed by atoms with van der Waals surface area (Å²) in [6.45, 7) is 1.94. The van der Waals surface area contributed by atoms with Crippen LogP contribution in [0.15, 0.2) is 48.8 Å². The minimum absolute atomic E-state index is 0.0803.